The molecule has 176 valence electrons. The molecule has 5 rings (SSSR count). The van der Waals surface area contributed by atoms with Gasteiger partial charge >= 0.3 is 0 Å². The molecule has 1 aliphatic carbocycles. The summed E-state index contributed by atoms with van der Waals surface area (Å²) >= 11 is 1.63. The van der Waals surface area contributed by atoms with Gasteiger partial charge in [-0.2, -0.15) is 0 Å². The third kappa shape index (κ3) is 4.38. The third-order valence-corrected chi connectivity index (χ3v) is 7.73. The van der Waals surface area contributed by atoms with Crippen LogP contribution in [-0.4, -0.2) is 43.0 Å². The molecule has 1 fully saturated rings. The number of Topliss-reactive ketones (excluding diaryl/α,β-unsaturated/α-hetero) is 1. The lowest BCUT2D eigenvalue weighted by atomic mass is 9.75. The van der Waals surface area contributed by atoms with Crippen molar-refractivity contribution in [3.05, 3.63) is 53.0 Å². The molecular weight excluding hydrogens is 446 g/mol. The van der Waals surface area contributed by atoms with Gasteiger partial charge in [-0.15, -0.1) is 11.3 Å². The second-order valence-electron chi connectivity index (χ2n) is 9.79. The lowest BCUT2D eigenvalue weighted by Gasteiger charge is -2.30. The number of carbonyl (C=O) groups excluding carboxylic acids is 2. The number of amides is 1. The Morgan fingerprint density at radius 1 is 1.15 bits per heavy atom. The molecule has 2 aliphatic rings. The van der Waals surface area contributed by atoms with Gasteiger partial charge in [-0.05, 0) is 41.2 Å². The summed E-state index contributed by atoms with van der Waals surface area (Å²) in [5, 5.41) is 4.06. The number of anilines is 2. The van der Waals surface area contributed by atoms with Crippen molar-refractivity contribution in [2.75, 3.05) is 36.5 Å². The first kappa shape index (κ1) is 22.7. The molecule has 1 aliphatic heterocycles. The molecule has 34 heavy (non-hydrogen) atoms. The summed E-state index contributed by atoms with van der Waals surface area (Å²) < 4.78 is 5.60. The number of nitrogens with zero attached hydrogens (tertiary/aromatic N) is 2. The molecule has 0 unspecified atom stereocenters. The van der Waals surface area contributed by atoms with Gasteiger partial charge in [0.25, 0.3) is 0 Å². The van der Waals surface area contributed by atoms with E-state index in [1.165, 1.54) is 6.92 Å². The Morgan fingerprint density at radius 2 is 1.91 bits per heavy atom. The van der Waals surface area contributed by atoms with E-state index in [1.807, 2.05) is 36.5 Å². The van der Waals surface area contributed by atoms with E-state index >= 15 is 0 Å². The second kappa shape index (κ2) is 8.96. The van der Waals surface area contributed by atoms with Crippen LogP contribution in [0, 0.1) is 5.41 Å². The molecule has 7 heteroatoms. The Morgan fingerprint density at radius 3 is 2.68 bits per heavy atom. The van der Waals surface area contributed by atoms with Crippen LogP contribution in [0.5, 0.6) is 0 Å². The van der Waals surface area contributed by atoms with Gasteiger partial charge in [0.05, 0.1) is 34.5 Å². The van der Waals surface area contributed by atoms with Crippen LogP contribution in [0.25, 0.3) is 22.4 Å². The van der Waals surface area contributed by atoms with Gasteiger partial charge in [0.2, 0.25) is 5.91 Å². The first-order valence-corrected chi connectivity index (χ1v) is 12.5. The summed E-state index contributed by atoms with van der Waals surface area (Å²) in [7, 11) is 0. The highest BCUT2D eigenvalue weighted by molar-refractivity contribution is 7.19. The number of para-hydroxylation sites is 1. The number of benzene rings is 1. The van der Waals surface area contributed by atoms with Crippen molar-refractivity contribution in [2.24, 2.45) is 5.41 Å². The Labute approximate surface area is 204 Å². The Kier molecular flexibility index (Phi) is 6.00. The molecule has 1 aromatic carbocycles. The summed E-state index contributed by atoms with van der Waals surface area (Å²) in [4.78, 5) is 32.8. The molecule has 0 radical (unpaired) electrons. The minimum absolute atomic E-state index is 0.0734. The largest absolute Gasteiger partial charge is 0.378 e. The molecule has 3 heterocycles. The predicted octanol–water partition coefficient (Wildman–Crippen LogP) is 5.43. The highest BCUT2D eigenvalue weighted by Gasteiger charge is 2.37. The van der Waals surface area contributed by atoms with Crippen molar-refractivity contribution in [3.8, 4) is 22.4 Å². The van der Waals surface area contributed by atoms with Gasteiger partial charge in [-0.25, -0.2) is 0 Å². The first-order chi connectivity index (χ1) is 16.3. The van der Waals surface area contributed by atoms with E-state index in [4.69, 9.17) is 4.74 Å². The monoisotopic (exact) mass is 475 g/mol. The molecule has 1 N–H and O–H groups in total. The van der Waals surface area contributed by atoms with E-state index in [-0.39, 0.29) is 17.1 Å². The van der Waals surface area contributed by atoms with Gasteiger partial charge in [0.1, 0.15) is 0 Å². The average Bonchev–Trinajstić information content (AvgIpc) is 3.18. The van der Waals surface area contributed by atoms with Gasteiger partial charge in [-0.1, -0.05) is 32.0 Å². The number of thiophene rings is 1. The Balaban J connectivity index is 1.66. The molecule has 0 saturated carbocycles. The number of aromatic nitrogens is 1. The zero-order valence-electron chi connectivity index (χ0n) is 19.8. The highest BCUT2D eigenvalue weighted by Crippen LogP contribution is 2.49. The Bertz CT molecular complexity index is 1260. The number of nitrogens with one attached hydrogen (secondary N) is 1. The van der Waals surface area contributed by atoms with Crippen LogP contribution in [0.1, 0.15) is 42.4 Å². The van der Waals surface area contributed by atoms with Crippen molar-refractivity contribution >= 4 is 33.7 Å². The quantitative estimate of drug-likeness (QED) is 0.545. The lowest BCUT2D eigenvalue weighted by Crippen LogP contribution is -2.36. The minimum atomic E-state index is -0.120. The van der Waals surface area contributed by atoms with E-state index in [0.29, 0.717) is 19.6 Å². The number of ketones is 1. The van der Waals surface area contributed by atoms with Gasteiger partial charge in [0, 0.05) is 43.8 Å². The van der Waals surface area contributed by atoms with E-state index in [9.17, 15) is 9.59 Å². The van der Waals surface area contributed by atoms with E-state index in [1.54, 1.807) is 11.3 Å². The van der Waals surface area contributed by atoms with E-state index in [2.05, 4.69) is 35.1 Å². The summed E-state index contributed by atoms with van der Waals surface area (Å²) in [6.45, 7) is 8.85. The smallest absolute Gasteiger partial charge is 0.221 e. The van der Waals surface area contributed by atoms with Crippen molar-refractivity contribution in [1.82, 2.24) is 4.98 Å². The summed E-state index contributed by atoms with van der Waals surface area (Å²) in [5.74, 6) is 0.119. The molecule has 0 bridgehead atoms. The summed E-state index contributed by atoms with van der Waals surface area (Å²) in [5.41, 5.74) is 5.66. The van der Waals surface area contributed by atoms with Crippen molar-refractivity contribution in [1.29, 1.82) is 0 Å². The van der Waals surface area contributed by atoms with Crippen LogP contribution >= 0.6 is 11.3 Å². The maximum Gasteiger partial charge on any atom is 0.221 e. The van der Waals surface area contributed by atoms with E-state index in [0.717, 1.165) is 63.0 Å². The van der Waals surface area contributed by atoms with Crippen LogP contribution in [-0.2, 0) is 16.0 Å². The Hall–Kier alpha value is -3.03. The van der Waals surface area contributed by atoms with Gasteiger partial charge < -0.3 is 15.0 Å². The van der Waals surface area contributed by atoms with Crippen LogP contribution in [0.4, 0.5) is 10.7 Å². The van der Waals surface area contributed by atoms with E-state index < -0.39 is 0 Å². The standard InChI is InChI=1S/C27H29N3O3S/c1-17(31)29-21-7-5-4-6-19(21)22-14-18(8-9-28-22)24-20-15-27(2,3)16-23(32)25(20)34-26(24)30-10-12-33-13-11-30/h4-9,14H,10-13,15-16H2,1-3H3,(H,29,31). The number of fused-ring (bicyclic) bond motifs is 1. The van der Waals surface area contributed by atoms with Crippen LogP contribution in [0.2, 0.25) is 0 Å². The third-order valence-electron chi connectivity index (χ3n) is 6.40. The molecule has 0 atom stereocenters. The zero-order valence-corrected chi connectivity index (χ0v) is 20.6. The molecule has 6 nitrogen and oxygen atoms in total. The van der Waals surface area contributed by atoms with Crippen LogP contribution in [0.15, 0.2) is 42.6 Å². The highest BCUT2D eigenvalue weighted by atomic mass is 32.1. The van der Waals surface area contributed by atoms with Crippen LogP contribution in [0.3, 0.4) is 0 Å². The van der Waals surface area contributed by atoms with Gasteiger partial charge in [-0.3, -0.25) is 14.6 Å². The number of pyridine rings is 1. The van der Waals surface area contributed by atoms with Gasteiger partial charge in [0.15, 0.2) is 5.78 Å². The molecule has 2 aromatic heterocycles. The van der Waals surface area contributed by atoms with Crippen molar-refractivity contribution in [3.63, 3.8) is 0 Å². The maximum atomic E-state index is 13.1. The number of rotatable bonds is 4. The number of ether oxygens (including phenoxy) is 1. The summed E-state index contributed by atoms with van der Waals surface area (Å²) in [6, 6.07) is 11.8. The predicted molar refractivity (Wildman–Crippen MR) is 137 cm³/mol. The zero-order chi connectivity index (χ0) is 23.9. The summed E-state index contributed by atoms with van der Waals surface area (Å²) in [6.07, 6.45) is 3.26. The number of hydrogen-bond donors (Lipinski definition) is 1. The lowest BCUT2D eigenvalue weighted by molar-refractivity contribution is -0.114. The molecule has 1 saturated heterocycles. The topological polar surface area (TPSA) is 71.5 Å². The normalized spacial score (nSPS) is 17.4. The number of morpholine rings is 1. The number of hydrogen-bond acceptors (Lipinski definition) is 6. The fourth-order valence-electron chi connectivity index (χ4n) is 4.93. The minimum Gasteiger partial charge on any atom is -0.378 e. The second-order valence-corrected chi connectivity index (χ2v) is 10.8. The number of carbonyl (C=O) groups is 2. The van der Waals surface area contributed by atoms with Crippen molar-refractivity contribution in [2.45, 2.75) is 33.6 Å². The fourth-order valence-corrected chi connectivity index (χ4v) is 6.26. The SMILES string of the molecule is CC(=O)Nc1ccccc1-c1cc(-c2c(N3CCOCC3)sc3c2CC(C)(C)CC3=O)ccn1. The average molecular weight is 476 g/mol. The molecule has 1 amide bonds. The molecular formula is C27H29N3O3S. The fraction of sp³-hybridized carbons (Fsp3) is 0.370. The van der Waals surface area contributed by atoms with Crippen molar-refractivity contribution < 1.29 is 14.3 Å². The maximum absolute atomic E-state index is 13.1. The molecule has 3 aromatic rings. The molecule has 0 spiro atoms. The van der Waals surface area contributed by atoms with Crippen LogP contribution < -0.4 is 10.2 Å². The first-order valence-electron chi connectivity index (χ1n) is 11.7.